The molecule has 1 aromatic carbocycles. The van der Waals surface area contributed by atoms with Gasteiger partial charge in [-0.2, -0.15) is 0 Å². The molecule has 6 heteroatoms. The lowest BCUT2D eigenvalue weighted by atomic mass is 10.1. The summed E-state index contributed by atoms with van der Waals surface area (Å²) in [7, 11) is 0. The highest BCUT2D eigenvalue weighted by Gasteiger charge is 2.30. The highest BCUT2D eigenvalue weighted by atomic mass is 16.5. The van der Waals surface area contributed by atoms with Crippen LogP contribution in [0.3, 0.4) is 0 Å². The number of carbonyl (C=O) groups is 1. The molecule has 1 fully saturated rings. The smallest absolute Gasteiger partial charge is 0.256 e. The Morgan fingerprint density at radius 1 is 1.57 bits per heavy atom. The second-order valence-corrected chi connectivity index (χ2v) is 5.45. The topological polar surface area (TPSA) is 91.6 Å². The molecule has 4 N–H and O–H groups in total. The molecule has 1 aromatic heterocycles. The summed E-state index contributed by atoms with van der Waals surface area (Å²) in [4.78, 5) is 17.6. The fourth-order valence-corrected chi connectivity index (χ4v) is 2.69. The Morgan fingerprint density at radius 2 is 2.38 bits per heavy atom. The van der Waals surface area contributed by atoms with E-state index in [1.807, 2.05) is 19.1 Å². The summed E-state index contributed by atoms with van der Waals surface area (Å²) < 4.78 is 5.47. The average molecular weight is 289 g/mol. The van der Waals surface area contributed by atoms with Gasteiger partial charge in [0.25, 0.3) is 5.91 Å². The van der Waals surface area contributed by atoms with Gasteiger partial charge in [0.05, 0.1) is 30.9 Å². The van der Waals surface area contributed by atoms with Crippen LogP contribution in [-0.2, 0) is 4.74 Å². The lowest BCUT2D eigenvalue weighted by Gasteiger charge is -2.37. The van der Waals surface area contributed by atoms with E-state index in [9.17, 15) is 9.90 Å². The SMILES string of the molecule is CC1COC(CO)CN1C(=O)c1c[nH]c2cc(N)ccc12. The number of anilines is 1. The fourth-order valence-electron chi connectivity index (χ4n) is 2.69. The van der Waals surface area contributed by atoms with Crippen molar-refractivity contribution in [2.24, 2.45) is 0 Å². The molecule has 0 spiro atoms. The number of aromatic amines is 1. The van der Waals surface area contributed by atoms with Gasteiger partial charge in [0, 0.05) is 29.3 Å². The number of fused-ring (bicyclic) bond motifs is 1. The van der Waals surface area contributed by atoms with Crippen LogP contribution in [0, 0.1) is 0 Å². The van der Waals surface area contributed by atoms with Crippen molar-refractivity contribution in [1.29, 1.82) is 0 Å². The van der Waals surface area contributed by atoms with Crippen LogP contribution in [0.15, 0.2) is 24.4 Å². The van der Waals surface area contributed by atoms with Crippen LogP contribution in [0.1, 0.15) is 17.3 Å². The molecule has 2 aromatic rings. The lowest BCUT2D eigenvalue weighted by molar-refractivity contribution is -0.0666. The van der Waals surface area contributed by atoms with Gasteiger partial charge >= 0.3 is 0 Å². The third-order valence-electron chi connectivity index (χ3n) is 3.91. The molecule has 1 saturated heterocycles. The van der Waals surface area contributed by atoms with Crippen LogP contribution in [0.25, 0.3) is 10.9 Å². The van der Waals surface area contributed by atoms with E-state index in [2.05, 4.69) is 4.98 Å². The molecule has 6 nitrogen and oxygen atoms in total. The van der Waals surface area contributed by atoms with Crippen molar-refractivity contribution in [3.05, 3.63) is 30.0 Å². The van der Waals surface area contributed by atoms with Gasteiger partial charge in [-0.25, -0.2) is 0 Å². The minimum atomic E-state index is -0.314. The molecule has 1 amide bonds. The van der Waals surface area contributed by atoms with Gasteiger partial charge in [-0.1, -0.05) is 0 Å². The maximum absolute atomic E-state index is 12.8. The van der Waals surface area contributed by atoms with Gasteiger partial charge in [-0.3, -0.25) is 4.79 Å². The van der Waals surface area contributed by atoms with Crippen molar-refractivity contribution in [3.8, 4) is 0 Å². The number of hydrogen-bond acceptors (Lipinski definition) is 4. The van der Waals surface area contributed by atoms with E-state index in [0.29, 0.717) is 24.4 Å². The quantitative estimate of drug-likeness (QED) is 0.718. The molecule has 0 bridgehead atoms. The molecule has 112 valence electrons. The first-order chi connectivity index (χ1) is 10.1. The number of aliphatic hydroxyl groups excluding tert-OH is 1. The van der Waals surface area contributed by atoms with Crippen LogP contribution >= 0.6 is 0 Å². The normalized spacial score (nSPS) is 22.7. The van der Waals surface area contributed by atoms with Crippen molar-refractivity contribution in [1.82, 2.24) is 9.88 Å². The van der Waals surface area contributed by atoms with E-state index in [4.69, 9.17) is 10.5 Å². The molecule has 1 aliphatic heterocycles. The predicted molar refractivity (Wildman–Crippen MR) is 80.0 cm³/mol. The number of nitrogens with zero attached hydrogens (tertiary/aromatic N) is 1. The molecule has 1 aliphatic rings. The van der Waals surface area contributed by atoms with E-state index in [0.717, 1.165) is 10.9 Å². The minimum Gasteiger partial charge on any atom is -0.399 e. The third-order valence-corrected chi connectivity index (χ3v) is 3.91. The van der Waals surface area contributed by atoms with Crippen LogP contribution in [-0.4, -0.2) is 52.8 Å². The van der Waals surface area contributed by atoms with Crippen molar-refractivity contribution in [3.63, 3.8) is 0 Å². The molecular formula is C15H19N3O3. The summed E-state index contributed by atoms with van der Waals surface area (Å²) in [6.07, 6.45) is 1.40. The lowest BCUT2D eigenvalue weighted by Crippen LogP contribution is -2.52. The van der Waals surface area contributed by atoms with Gasteiger partial charge in [-0.05, 0) is 25.1 Å². The number of nitrogens with one attached hydrogen (secondary N) is 1. The van der Waals surface area contributed by atoms with Crippen molar-refractivity contribution >= 4 is 22.5 Å². The largest absolute Gasteiger partial charge is 0.399 e. The number of ether oxygens (including phenoxy) is 1. The number of nitrogen functional groups attached to an aromatic ring is 1. The van der Waals surface area contributed by atoms with Crippen molar-refractivity contribution in [2.45, 2.75) is 19.1 Å². The van der Waals surface area contributed by atoms with E-state index in [1.165, 1.54) is 0 Å². The number of H-pyrrole nitrogens is 1. The first kappa shape index (κ1) is 13.9. The second kappa shape index (κ2) is 5.38. The zero-order chi connectivity index (χ0) is 15.0. The standard InChI is InChI=1S/C15H19N3O3/c1-9-8-21-11(7-19)6-18(9)15(20)13-5-17-14-4-10(16)2-3-12(13)14/h2-5,9,11,17,19H,6-8,16H2,1H3. The van der Waals surface area contributed by atoms with Crippen LogP contribution in [0.4, 0.5) is 5.69 Å². The van der Waals surface area contributed by atoms with Crippen LogP contribution in [0.5, 0.6) is 0 Å². The highest BCUT2D eigenvalue weighted by molar-refractivity contribution is 6.07. The Bertz CT molecular complexity index is 667. The Balaban J connectivity index is 1.92. The average Bonchev–Trinajstić information content (AvgIpc) is 2.90. The molecular weight excluding hydrogens is 270 g/mol. The molecule has 2 unspecified atom stereocenters. The zero-order valence-electron chi connectivity index (χ0n) is 11.9. The van der Waals surface area contributed by atoms with E-state index in [1.54, 1.807) is 17.2 Å². The number of hydrogen-bond donors (Lipinski definition) is 3. The molecule has 0 saturated carbocycles. The highest BCUT2D eigenvalue weighted by Crippen LogP contribution is 2.24. The Hall–Kier alpha value is -2.05. The summed E-state index contributed by atoms with van der Waals surface area (Å²) >= 11 is 0. The van der Waals surface area contributed by atoms with Gasteiger partial charge in [0.2, 0.25) is 0 Å². The van der Waals surface area contributed by atoms with Crippen LogP contribution < -0.4 is 5.73 Å². The molecule has 0 aliphatic carbocycles. The summed E-state index contributed by atoms with van der Waals surface area (Å²) in [5.41, 5.74) is 7.87. The van der Waals surface area contributed by atoms with E-state index < -0.39 is 0 Å². The summed E-state index contributed by atoms with van der Waals surface area (Å²) in [6, 6.07) is 5.43. The number of rotatable bonds is 2. The summed E-state index contributed by atoms with van der Waals surface area (Å²) in [5, 5.41) is 10.1. The predicted octanol–water partition coefficient (Wildman–Crippen LogP) is 0.972. The molecule has 2 heterocycles. The second-order valence-electron chi connectivity index (χ2n) is 5.45. The van der Waals surface area contributed by atoms with Gasteiger partial charge in [0.1, 0.15) is 0 Å². The maximum atomic E-state index is 12.8. The van der Waals surface area contributed by atoms with E-state index in [-0.39, 0.29) is 24.7 Å². The number of aromatic nitrogens is 1. The first-order valence-corrected chi connectivity index (χ1v) is 7.00. The Kier molecular flexibility index (Phi) is 3.57. The monoisotopic (exact) mass is 289 g/mol. The third kappa shape index (κ3) is 2.48. The maximum Gasteiger partial charge on any atom is 0.256 e. The summed E-state index contributed by atoms with van der Waals surface area (Å²) in [6.45, 7) is 2.70. The number of aliphatic hydroxyl groups is 1. The minimum absolute atomic E-state index is 0.0148. The number of nitrogens with two attached hydrogens (primary N) is 1. The molecule has 3 rings (SSSR count). The van der Waals surface area contributed by atoms with Crippen molar-refractivity contribution in [2.75, 3.05) is 25.5 Å². The van der Waals surface area contributed by atoms with Crippen LogP contribution in [0.2, 0.25) is 0 Å². The molecule has 21 heavy (non-hydrogen) atoms. The Morgan fingerprint density at radius 3 is 3.14 bits per heavy atom. The number of amides is 1. The molecule has 2 atom stereocenters. The molecule has 0 radical (unpaired) electrons. The Labute approximate surface area is 122 Å². The fraction of sp³-hybridized carbons (Fsp3) is 0.400. The number of carbonyl (C=O) groups excluding carboxylic acids is 1. The first-order valence-electron chi connectivity index (χ1n) is 7.00. The number of benzene rings is 1. The van der Waals surface area contributed by atoms with E-state index >= 15 is 0 Å². The van der Waals surface area contributed by atoms with Gasteiger partial charge in [0.15, 0.2) is 0 Å². The van der Waals surface area contributed by atoms with Gasteiger partial charge in [-0.15, -0.1) is 0 Å². The number of morpholine rings is 1. The zero-order valence-corrected chi connectivity index (χ0v) is 11.9. The summed E-state index contributed by atoms with van der Waals surface area (Å²) in [5.74, 6) is -0.0553. The van der Waals surface area contributed by atoms with Crippen molar-refractivity contribution < 1.29 is 14.6 Å². The van der Waals surface area contributed by atoms with Gasteiger partial charge < -0.3 is 25.5 Å².